The maximum absolute atomic E-state index is 10.2. The Hall–Kier alpha value is -1.68. The minimum Gasteiger partial charge on any atom is -0.250 e. The van der Waals surface area contributed by atoms with Gasteiger partial charge in [0.05, 0.1) is 15.5 Å². The van der Waals surface area contributed by atoms with Crippen molar-refractivity contribution in [3.63, 3.8) is 0 Å². The Balaban J connectivity index is 3.04. The third-order valence-electron chi connectivity index (χ3n) is 1.34. The molecule has 1 rings (SSSR count). The van der Waals surface area contributed by atoms with E-state index in [0.717, 1.165) is 0 Å². The molecule has 0 saturated carbocycles. The zero-order chi connectivity index (χ0) is 12.1. The van der Waals surface area contributed by atoms with Gasteiger partial charge in [-0.3, -0.25) is 20.2 Å². The van der Waals surface area contributed by atoms with Gasteiger partial charge < -0.3 is 0 Å². The van der Waals surface area contributed by atoms with Crippen LogP contribution in [0, 0.1) is 20.2 Å². The predicted molar refractivity (Wildman–Crippen MR) is 56.4 cm³/mol. The van der Waals surface area contributed by atoms with E-state index in [1.165, 1.54) is 18.2 Å². The van der Waals surface area contributed by atoms with Gasteiger partial charge in [0.25, 0.3) is 23.9 Å². The molecule has 0 heterocycles. The van der Waals surface area contributed by atoms with E-state index >= 15 is 0 Å². The summed E-state index contributed by atoms with van der Waals surface area (Å²) in [4.78, 5) is 20.8. The van der Waals surface area contributed by atoms with Crippen molar-refractivity contribution in [3.05, 3.63) is 38.4 Å². The molecule has 0 aliphatic carbocycles. The lowest BCUT2D eigenvalue weighted by Crippen LogP contribution is -1.86. The quantitative estimate of drug-likeness (QED) is 0.345. The number of rotatable bonds is 5. The Morgan fingerprint density at radius 2 is 1.50 bits per heavy atom. The van der Waals surface area contributed by atoms with Crippen molar-refractivity contribution in [1.29, 1.82) is 0 Å². The molecule has 0 aromatic heterocycles. The van der Waals surface area contributed by atoms with Crippen LogP contribution >= 0.6 is 23.9 Å². The lowest BCUT2D eigenvalue weighted by molar-refractivity contribution is -0.284. The Morgan fingerprint density at radius 1 is 1.06 bits per heavy atom. The van der Waals surface area contributed by atoms with Gasteiger partial charge in [-0.05, 0) is 23.7 Å². The Kier molecular flexibility index (Phi) is 4.19. The highest BCUT2D eigenvalue weighted by molar-refractivity contribution is 7.94. The van der Waals surface area contributed by atoms with Crippen LogP contribution in [0.15, 0.2) is 33.1 Å². The summed E-state index contributed by atoms with van der Waals surface area (Å²) in [5, 5.41) is 23.3. The topological polar surface area (TPSA) is 121 Å². The molecule has 83 valence electrons. The van der Waals surface area contributed by atoms with Crippen LogP contribution in [0.5, 0.6) is 0 Å². The van der Waals surface area contributed by atoms with Gasteiger partial charge in [0.1, 0.15) is 8.66 Å². The third kappa shape index (κ3) is 3.82. The molecule has 0 N–H and O–H groups in total. The van der Waals surface area contributed by atoms with E-state index in [2.05, 4.69) is 5.11 Å². The SMILES string of the molecule is [N]=Nc1cc(S[N+](=O)[O-])cc(S[N+](=O)[O-])c1. The molecule has 8 nitrogen and oxygen atoms in total. The molecule has 1 radical (unpaired) electrons. The lowest BCUT2D eigenvalue weighted by atomic mass is 10.3. The van der Waals surface area contributed by atoms with Crippen LogP contribution < -0.4 is 5.53 Å². The number of hydrogen-bond acceptors (Lipinski definition) is 7. The first-order valence-corrected chi connectivity index (χ1v) is 5.21. The van der Waals surface area contributed by atoms with Crippen LogP contribution in [-0.2, 0) is 0 Å². The second-order valence-electron chi connectivity index (χ2n) is 2.39. The highest BCUT2D eigenvalue weighted by Crippen LogP contribution is 2.30. The summed E-state index contributed by atoms with van der Waals surface area (Å²) in [6, 6.07) is 3.77. The summed E-state index contributed by atoms with van der Waals surface area (Å²) < 4.78 is -1.31. The maximum atomic E-state index is 10.2. The Morgan fingerprint density at radius 3 is 1.81 bits per heavy atom. The van der Waals surface area contributed by atoms with Crippen LogP contribution in [0.1, 0.15) is 0 Å². The minimum absolute atomic E-state index is 0.0243. The fourth-order valence-corrected chi connectivity index (χ4v) is 2.02. The molecule has 0 aliphatic heterocycles. The summed E-state index contributed by atoms with van der Waals surface area (Å²) >= 11 is 0.569. The molecule has 16 heavy (non-hydrogen) atoms. The molecule has 0 aliphatic rings. The van der Waals surface area contributed by atoms with E-state index in [1.807, 2.05) is 0 Å². The zero-order valence-corrected chi connectivity index (χ0v) is 9.10. The fraction of sp³-hybridized carbons (Fsp3) is 0. The molecule has 10 heteroatoms. The van der Waals surface area contributed by atoms with Crippen LogP contribution in [-0.4, -0.2) is 8.66 Å². The maximum Gasteiger partial charge on any atom is 0.265 e. The average molecular weight is 259 g/mol. The molecule has 1 aromatic rings. The zero-order valence-electron chi connectivity index (χ0n) is 7.47. The third-order valence-corrected chi connectivity index (χ3v) is 2.53. The second kappa shape index (κ2) is 5.42. The van der Waals surface area contributed by atoms with Crippen molar-refractivity contribution >= 4 is 29.6 Å². The van der Waals surface area contributed by atoms with E-state index in [-0.39, 0.29) is 39.4 Å². The van der Waals surface area contributed by atoms with Crippen molar-refractivity contribution in [2.24, 2.45) is 5.11 Å². The Bertz CT molecular complexity index is 418. The van der Waals surface area contributed by atoms with Gasteiger partial charge in [-0.1, -0.05) is 0 Å². The molecular weight excluding hydrogens is 256 g/mol. The second-order valence-corrected chi connectivity index (χ2v) is 4.30. The van der Waals surface area contributed by atoms with Gasteiger partial charge in [0.15, 0.2) is 0 Å². The fourth-order valence-electron chi connectivity index (χ4n) is 0.892. The molecule has 0 amide bonds. The summed E-state index contributed by atoms with van der Waals surface area (Å²) in [7, 11) is 0. The smallest absolute Gasteiger partial charge is 0.250 e. The molecule has 0 atom stereocenters. The van der Waals surface area contributed by atoms with Crippen molar-refractivity contribution in [3.8, 4) is 0 Å². The van der Waals surface area contributed by atoms with Crippen molar-refractivity contribution in [1.82, 2.24) is 5.53 Å². The number of nitro groups is 2. The van der Waals surface area contributed by atoms with Crippen molar-refractivity contribution < 1.29 is 8.66 Å². The van der Waals surface area contributed by atoms with Gasteiger partial charge in [-0.15, -0.1) is 5.11 Å². The summed E-state index contributed by atoms with van der Waals surface area (Å²) in [5.74, 6) is 0. The van der Waals surface area contributed by atoms with Crippen LogP contribution in [0.25, 0.3) is 0 Å². The largest absolute Gasteiger partial charge is 0.265 e. The highest BCUT2D eigenvalue weighted by Gasteiger charge is 2.13. The van der Waals surface area contributed by atoms with Crippen LogP contribution in [0.2, 0.25) is 0 Å². The van der Waals surface area contributed by atoms with Gasteiger partial charge in [-0.25, -0.2) is 0 Å². The van der Waals surface area contributed by atoms with Crippen molar-refractivity contribution in [2.75, 3.05) is 0 Å². The van der Waals surface area contributed by atoms with Gasteiger partial charge in [0, 0.05) is 0 Å². The summed E-state index contributed by atoms with van der Waals surface area (Å²) in [5.41, 5.74) is 8.55. The molecule has 0 fully saturated rings. The van der Waals surface area contributed by atoms with Gasteiger partial charge in [-0.2, -0.15) is 0 Å². The first-order valence-electron chi connectivity index (χ1n) is 3.66. The first kappa shape index (κ1) is 12.4. The molecule has 0 bridgehead atoms. The monoisotopic (exact) mass is 259 g/mol. The van der Waals surface area contributed by atoms with E-state index in [0.29, 0.717) is 0 Å². The lowest BCUT2D eigenvalue weighted by Gasteiger charge is -1.97. The van der Waals surface area contributed by atoms with Gasteiger partial charge >= 0.3 is 0 Å². The van der Waals surface area contributed by atoms with E-state index in [9.17, 15) is 20.2 Å². The standard InChI is InChI=1S/C6H3N4O4S2/c7-8-4-1-5(15-9(11)12)3-6(2-4)16-10(13)14/h1-3H. The van der Waals surface area contributed by atoms with E-state index in [4.69, 9.17) is 5.53 Å². The summed E-state index contributed by atoms with van der Waals surface area (Å²) in [6.07, 6.45) is 0. The van der Waals surface area contributed by atoms with Crippen LogP contribution in [0.3, 0.4) is 0 Å². The van der Waals surface area contributed by atoms with Crippen molar-refractivity contribution in [2.45, 2.75) is 9.79 Å². The Labute approximate surface area is 97.5 Å². The molecular formula is C6H3N4O4S2. The van der Waals surface area contributed by atoms with Crippen LogP contribution in [0.4, 0.5) is 5.69 Å². The normalized spacial score (nSPS) is 9.75. The van der Waals surface area contributed by atoms with E-state index < -0.39 is 8.66 Å². The highest BCUT2D eigenvalue weighted by atomic mass is 32.2. The number of benzene rings is 1. The molecule has 0 saturated heterocycles. The number of nitrogens with zero attached hydrogens (tertiary/aromatic N) is 4. The molecule has 0 spiro atoms. The molecule has 0 unspecified atom stereocenters. The first-order chi connectivity index (χ1) is 7.51. The number of hydrogen-bond donors (Lipinski definition) is 0. The van der Waals surface area contributed by atoms with E-state index in [1.54, 1.807) is 0 Å². The predicted octanol–water partition coefficient (Wildman–Crippen LogP) is 2.14. The average Bonchev–Trinajstić information content (AvgIpc) is 2.14. The summed E-state index contributed by atoms with van der Waals surface area (Å²) in [6.45, 7) is 0. The molecule has 1 aromatic carbocycles. The minimum atomic E-state index is -0.656. The van der Waals surface area contributed by atoms with Gasteiger partial charge in [0.2, 0.25) is 0 Å².